The molecule has 2 rings (SSSR count). The molecule has 0 saturated carbocycles. The summed E-state index contributed by atoms with van der Waals surface area (Å²) in [6.07, 6.45) is 0.109. The number of halogens is 2. The van der Waals surface area contributed by atoms with Crippen LogP contribution in [0.2, 0.25) is 0 Å². The number of carbonyl (C=O) groups is 1. The molecule has 0 N–H and O–H groups in total. The number of hydrogen-bond acceptors (Lipinski definition) is 3. The smallest absolute Gasteiger partial charge is 0.179 e. The first-order valence-electron chi connectivity index (χ1n) is 6.77. The fraction of sp³-hybridized carbons (Fsp3) is 0.533. The third kappa shape index (κ3) is 3.22. The van der Waals surface area contributed by atoms with Crippen LogP contribution in [-0.2, 0) is 4.74 Å². The van der Waals surface area contributed by atoms with Crippen molar-refractivity contribution in [1.82, 2.24) is 4.90 Å². The lowest BCUT2D eigenvalue weighted by Gasteiger charge is -2.38. The van der Waals surface area contributed by atoms with Gasteiger partial charge in [0.1, 0.15) is 0 Å². The van der Waals surface area contributed by atoms with Crippen molar-refractivity contribution in [2.24, 2.45) is 0 Å². The van der Waals surface area contributed by atoms with Gasteiger partial charge in [-0.15, -0.1) is 0 Å². The molecule has 0 amide bonds. The van der Waals surface area contributed by atoms with Crippen molar-refractivity contribution in [2.45, 2.75) is 39.0 Å². The first-order valence-corrected chi connectivity index (χ1v) is 6.77. The fourth-order valence-electron chi connectivity index (χ4n) is 2.59. The molecule has 1 saturated heterocycles. The van der Waals surface area contributed by atoms with E-state index in [4.69, 9.17) is 4.74 Å². The minimum absolute atomic E-state index is 0.0546. The molecular formula is C15H19F2NO2. The van der Waals surface area contributed by atoms with Gasteiger partial charge < -0.3 is 4.74 Å². The molecule has 20 heavy (non-hydrogen) atoms. The minimum atomic E-state index is -0.994. The molecule has 0 radical (unpaired) electrons. The highest BCUT2D eigenvalue weighted by Crippen LogP contribution is 2.17. The molecule has 1 aliphatic heterocycles. The Labute approximate surface area is 117 Å². The average Bonchev–Trinajstić information content (AvgIpc) is 2.39. The van der Waals surface area contributed by atoms with Crippen LogP contribution in [0.3, 0.4) is 0 Å². The van der Waals surface area contributed by atoms with Crippen molar-refractivity contribution in [3.05, 3.63) is 35.4 Å². The molecular weight excluding hydrogens is 264 g/mol. The summed E-state index contributed by atoms with van der Waals surface area (Å²) >= 11 is 0. The molecule has 1 heterocycles. The van der Waals surface area contributed by atoms with Crippen LogP contribution in [0.25, 0.3) is 0 Å². The predicted molar refractivity (Wildman–Crippen MR) is 71.7 cm³/mol. The van der Waals surface area contributed by atoms with E-state index in [-0.39, 0.29) is 29.6 Å². The third-order valence-corrected chi connectivity index (χ3v) is 3.58. The molecule has 0 bridgehead atoms. The van der Waals surface area contributed by atoms with E-state index in [0.29, 0.717) is 13.1 Å². The lowest BCUT2D eigenvalue weighted by atomic mass is 10.0. The molecule has 1 aliphatic rings. The minimum Gasteiger partial charge on any atom is -0.373 e. The largest absolute Gasteiger partial charge is 0.373 e. The van der Waals surface area contributed by atoms with Gasteiger partial charge in [-0.1, -0.05) is 0 Å². The van der Waals surface area contributed by atoms with Gasteiger partial charge >= 0.3 is 0 Å². The molecule has 0 aromatic heterocycles. The number of ether oxygens (including phenoxy) is 1. The highest BCUT2D eigenvalue weighted by molar-refractivity contribution is 5.99. The summed E-state index contributed by atoms with van der Waals surface area (Å²) < 4.78 is 31.7. The lowest BCUT2D eigenvalue weighted by Crippen LogP contribution is -2.51. The second-order valence-electron chi connectivity index (χ2n) is 5.38. The summed E-state index contributed by atoms with van der Waals surface area (Å²) in [5.74, 6) is -2.14. The number of nitrogens with zero attached hydrogens (tertiary/aromatic N) is 1. The van der Waals surface area contributed by atoms with E-state index in [1.807, 2.05) is 18.7 Å². The van der Waals surface area contributed by atoms with Crippen molar-refractivity contribution in [1.29, 1.82) is 0 Å². The van der Waals surface area contributed by atoms with E-state index in [1.54, 1.807) is 6.92 Å². The van der Waals surface area contributed by atoms with Gasteiger partial charge in [0, 0.05) is 18.7 Å². The maximum Gasteiger partial charge on any atom is 0.179 e. The quantitative estimate of drug-likeness (QED) is 0.799. The number of benzene rings is 1. The number of morpholine rings is 1. The Balaban J connectivity index is 2.13. The first kappa shape index (κ1) is 15.1. The first-order chi connectivity index (χ1) is 9.38. The Hall–Kier alpha value is -1.33. The molecule has 5 heteroatoms. The van der Waals surface area contributed by atoms with Gasteiger partial charge in [-0.3, -0.25) is 9.69 Å². The highest BCUT2D eigenvalue weighted by atomic mass is 19.2. The Bertz CT molecular complexity index is 497. The summed E-state index contributed by atoms with van der Waals surface area (Å²) in [7, 11) is 0. The third-order valence-electron chi connectivity index (χ3n) is 3.58. The Morgan fingerprint density at radius 2 is 1.85 bits per heavy atom. The van der Waals surface area contributed by atoms with Gasteiger partial charge in [0.2, 0.25) is 0 Å². The number of ketones is 1. The summed E-state index contributed by atoms with van der Waals surface area (Å²) in [5.41, 5.74) is 0.197. The highest BCUT2D eigenvalue weighted by Gasteiger charge is 2.29. The van der Waals surface area contributed by atoms with Gasteiger partial charge in [0.05, 0.1) is 18.2 Å². The van der Waals surface area contributed by atoms with Gasteiger partial charge in [-0.25, -0.2) is 8.78 Å². The van der Waals surface area contributed by atoms with Gasteiger partial charge in [-0.2, -0.15) is 0 Å². The van der Waals surface area contributed by atoms with E-state index in [1.165, 1.54) is 6.07 Å². The molecule has 1 aromatic rings. The van der Waals surface area contributed by atoms with Crippen LogP contribution in [0, 0.1) is 11.6 Å². The Morgan fingerprint density at radius 1 is 1.25 bits per heavy atom. The van der Waals surface area contributed by atoms with Crippen LogP contribution in [0.4, 0.5) is 8.78 Å². The van der Waals surface area contributed by atoms with E-state index >= 15 is 0 Å². The Morgan fingerprint density at radius 3 is 2.40 bits per heavy atom. The summed E-state index contributed by atoms with van der Waals surface area (Å²) in [4.78, 5) is 14.4. The van der Waals surface area contributed by atoms with Gasteiger partial charge in [-0.05, 0) is 39.0 Å². The van der Waals surface area contributed by atoms with E-state index in [9.17, 15) is 13.6 Å². The van der Waals surface area contributed by atoms with Gasteiger partial charge in [0.15, 0.2) is 17.4 Å². The van der Waals surface area contributed by atoms with Crippen LogP contribution < -0.4 is 0 Å². The zero-order chi connectivity index (χ0) is 14.9. The zero-order valence-electron chi connectivity index (χ0n) is 11.9. The van der Waals surface area contributed by atoms with Crippen LogP contribution >= 0.6 is 0 Å². The molecule has 1 fully saturated rings. The van der Waals surface area contributed by atoms with Crippen LogP contribution in [0.5, 0.6) is 0 Å². The molecule has 0 aliphatic carbocycles. The van der Waals surface area contributed by atoms with Gasteiger partial charge in [0.25, 0.3) is 0 Å². The predicted octanol–water partition coefficient (Wildman–Crippen LogP) is 2.65. The molecule has 110 valence electrons. The molecule has 1 aromatic carbocycles. The standard InChI is InChI=1S/C15H19F2NO2/c1-9-7-18(8-10(2)20-9)11(3)15(19)12-4-5-13(16)14(17)6-12/h4-6,9-11H,7-8H2,1-3H3. The van der Waals surface area contributed by atoms with E-state index in [2.05, 4.69) is 0 Å². The van der Waals surface area contributed by atoms with E-state index in [0.717, 1.165) is 12.1 Å². The molecule has 3 unspecified atom stereocenters. The number of rotatable bonds is 3. The van der Waals surface area contributed by atoms with Crippen molar-refractivity contribution >= 4 is 5.78 Å². The number of Topliss-reactive ketones (excluding diaryl/α,β-unsaturated/α-hetero) is 1. The second-order valence-corrected chi connectivity index (χ2v) is 5.38. The summed E-state index contributed by atoms with van der Waals surface area (Å²) in [5, 5.41) is 0. The van der Waals surface area contributed by atoms with Crippen molar-refractivity contribution in [3.8, 4) is 0 Å². The monoisotopic (exact) mass is 283 g/mol. The lowest BCUT2D eigenvalue weighted by molar-refractivity contribution is -0.0744. The van der Waals surface area contributed by atoms with Crippen LogP contribution in [0.1, 0.15) is 31.1 Å². The van der Waals surface area contributed by atoms with Crippen molar-refractivity contribution < 1.29 is 18.3 Å². The zero-order valence-corrected chi connectivity index (χ0v) is 11.9. The number of carbonyl (C=O) groups excluding carboxylic acids is 1. The molecule has 0 spiro atoms. The van der Waals surface area contributed by atoms with E-state index < -0.39 is 11.6 Å². The maximum atomic E-state index is 13.2. The van der Waals surface area contributed by atoms with Crippen LogP contribution in [0.15, 0.2) is 18.2 Å². The Kier molecular flexibility index (Phi) is 4.50. The second kappa shape index (κ2) is 5.97. The number of hydrogen-bond donors (Lipinski definition) is 0. The van der Waals surface area contributed by atoms with Crippen LogP contribution in [-0.4, -0.2) is 42.0 Å². The normalized spacial score (nSPS) is 25.4. The maximum absolute atomic E-state index is 13.2. The molecule has 3 nitrogen and oxygen atoms in total. The fourth-order valence-corrected chi connectivity index (χ4v) is 2.59. The topological polar surface area (TPSA) is 29.5 Å². The van der Waals surface area contributed by atoms with Crippen molar-refractivity contribution in [3.63, 3.8) is 0 Å². The summed E-state index contributed by atoms with van der Waals surface area (Å²) in [6.45, 7) is 7.00. The van der Waals surface area contributed by atoms with Crippen molar-refractivity contribution in [2.75, 3.05) is 13.1 Å². The SMILES string of the molecule is CC1CN(C(C)C(=O)c2ccc(F)c(F)c2)CC(C)O1. The summed E-state index contributed by atoms with van der Waals surface area (Å²) in [6, 6.07) is 2.89. The average molecular weight is 283 g/mol. The molecule has 3 atom stereocenters.